The molecule has 0 saturated heterocycles. The lowest BCUT2D eigenvalue weighted by atomic mass is 9.59. The number of aliphatic hydroxyl groups excluding tert-OH is 1. The quantitative estimate of drug-likeness (QED) is 0.545. The second-order valence-electron chi connectivity index (χ2n) is 9.05. The number of aliphatic hydroxyl groups is 1. The van der Waals surface area contributed by atoms with Crippen LogP contribution in [0.1, 0.15) is 70.4 Å². The fourth-order valence-corrected chi connectivity index (χ4v) is 5.95. The second kappa shape index (κ2) is 7.63. The van der Waals surface area contributed by atoms with Crippen molar-refractivity contribution < 1.29 is 23.1 Å². The zero-order valence-electron chi connectivity index (χ0n) is 18.1. The predicted octanol–water partition coefficient (Wildman–Crippen LogP) is 5.49. The number of anilines is 1. The van der Waals surface area contributed by atoms with E-state index in [9.17, 15) is 23.1 Å². The average Bonchev–Trinajstić information content (AvgIpc) is 3.39. The maximum absolute atomic E-state index is 13.8. The van der Waals surface area contributed by atoms with Gasteiger partial charge in [-0.1, -0.05) is 19.1 Å². The van der Waals surface area contributed by atoms with Crippen LogP contribution in [0.25, 0.3) is 0 Å². The standard InChI is InChI=1S/C24H22F3N3O2S/c1-13-9-23(10-13,22-29-28-12-33-22)16-4-3-5-17(8-16)30-11-19-18(21(30)32)6-15(14(2)31)7-20(19)24(25,26)27/h3-8,12-14,31H,9-11H2,1-2H3. The van der Waals surface area contributed by atoms with Crippen molar-refractivity contribution in [3.05, 3.63) is 74.7 Å². The van der Waals surface area contributed by atoms with E-state index in [1.54, 1.807) is 11.6 Å². The highest BCUT2D eigenvalue weighted by molar-refractivity contribution is 7.09. The van der Waals surface area contributed by atoms with Crippen LogP contribution in [-0.2, 0) is 18.1 Å². The monoisotopic (exact) mass is 473 g/mol. The summed E-state index contributed by atoms with van der Waals surface area (Å²) in [5.41, 5.74) is 2.07. The number of carbonyl (C=O) groups excluding carboxylic acids is 1. The fourth-order valence-electron chi connectivity index (χ4n) is 5.15. The van der Waals surface area contributed by atoms with Crippen LogP contribution in [0.5, 0.6) is 0 Å². The summed E-state index contributed by atoms with van der Waals surface area (Å²) in [6.07, 6.45) is -3.95. The first kappa shape index (κ1) is 22.0. The molecule has 172 valence electrons. The Hall–Kier alpha value is -2.78. The molecule has 1 N–H and O–H groups in total. The lowest BCUT2D eigenvalue weighted by Crippen LogP contribution is -2.41. The molecule has 5 rings (SSSR count). The zero-order chi connectivity index (χ0) is 23.5. The third-order valence-corrected chi connectivity index (χ3v) is 7.62. The van der Waals surface area contributed by atoms with Crippen molar-refractivity contribution >= 4 is 22.9 Å². The summed E-state index contributed by atoms with van der Waals surface area (Å²) >= 11 is 1.49. The SMILES string of the molecule is CC1CC(c2cccc(N3Cc4c(cc(C(C)O)cc4C(F)(F)F)C3=O)c2)(c2nncs2)C1. The predicted molar refractivity (Wildman–Crippen MR) is 118 cm³/mol. The number of benzene rings is 2. The molecule has 0 radical (unpaired) electrons. The van der Waals surface area contributed by atoms with Gasteiger partial charge in [-0.2, -0.15) is 13.2 Å². The molecule has 1 amide bonds. The third kappa shape index (κ3) is 3.54. The topological polar surface area (TPSA) is 66.3 Å². The van der Waals surface area contributed by atoms with Gasteiger partial charge in [-0.3, -0.25) is 4.79 Å². The van der Waals surface area contributed by atoms with E-state index in [4.69, 9.17) is 0 Å². The van der Waals surface area contributed by atoms with Crippen molar-refractivity contribution in [1.82, 2.24) is 10.2 Å². The zero-order valence-corrected chi connectivity index (χ0v) is 18.9. The molecule has 1 aromatic heterocycles. The molecule has 1 aliphatic carbocycles. The lowest BCUT2D eigenvalue weighted by Gasteiger charge is -2.45. The molecule has 1 unspecified atom stereocenters. The largest absolute Gasteiger partial charge is 0.416 e. The van der Waals surface area contributed by atoms with Crippen molar-refractivity contribution in [2.75, 3.05) is 4.90 Å². The van der Waals surface area contributed by atoms with Crippen LogP contribution in [0.4, 0.5) is 18.9 Å². The van der Waals surface area contributed by atoms with Crippen LogP contribution in [-0.4, -0.2) is 21.2 Å². The Balaban J connectivity index is 1.56. The summed E-state index contributed by atoms with van der Waals surface area (Å²) in [6.45, 7) is 3.38. The van der Waals surface area contributed by atoms with E-state index in [-0.39, 0.29) is 28.7 Å². The summed E-state index contributed by atoms with van der Waals surface area (Å²) in [7, 11) is 0. The Morgan fingerprint density at radius 3 is 2.61 bits per heavy atom. The Bertz CT molecular complexity index is 1220. The molecular weight excluding hydrogens is 451 g/mol. The number of halogens is 3. The van der Waals surface area contributed by atoms with E-state index < -0.39 is 23.8 Å². The summed E-state index contributed by atoms with van der Waals surface area (Å²) in [6, 6.07) is 9.76. The molecule has 5 nitrogen and oxygen atoms in total. The highest BCUT2D eigenvalue weighted by Crippen LogP contribution is 2.53. The van der Waals surface area contributed by atoms with Gasteiger partial charge in [0.15, 0.2) is 0 Å². The van der Waals surface area contributed by atoms with Gasteiger partial charge in [0.25, 0.3) is 5.91 Å². The molecule has 0 bridgehead atoms. The van der Waals surface area contributed by atoms with Gasteiger partial charge >= 0.3 is 6.18 Å². The van der Waals surface area contributed by atoms with Crippen LogP contribution >= 0.6 is 11.3 Å². The number of aromatic nitrogens is 2. The van der Waals surface area contributed by atoms with E-state index in [0.717, 1.165) is 29.5 Å². The number of fused-ring (bicyclic) bond motifs is 1. The van der Waals surface area contributed by atoms with Gasteiger partial charge in [0.1, 0.15) is 10.5 Å². The van der Waals surface area contributed by atoms with Gasteiger partial charge in [0, 0.05) is 16.7 Å². The van der Waals surface area contributed by atoms with Crippen LogP contribution in [0.2, 0.25) is 0 Å². The van der Waals surface area contributed by atoms with Crippen molar-refractivity contribution in [2.45, 2.75) is 50.9 Å². The Kier molecular flexibility index (Phi) is 5.10. The molecule has 9 heteroatoms. The molecule has 0 spiro atoms. The molecule has 2 aromatic carbocycles. The number of alkyl halides is 3. The first-order valence-corrected chi connectivity index (χ1v) is 11.6. The molecule has 1 atom stereocenters. The first-order chi connectivity index (χ1) is 15.6. The van der Waals surface area contributed by atoms with Crippen LogP contribution in [0, 0.1) is 5.92 Å². The minimum atomic E-state index is -4.63. The summed E-state index contributed by atoms with van der Waals surface area (Å²) in [4.78, 5) is 14.6. The van der Waals surface area contributed by atoms with Gasteiger partial charge in [0.2, 0.25) is 0 Å². The van der Waals surface area contributed by atoms with Crippen LogP contribution in [0.3, 0.4) is 0 Å². The van der Waals surface area contributed by atoms with Crippen molar-refractivity contribution in [2.24, 2.45) is 5.92 Å². The normalized spacial score (nSPS) is 23.4. The van der Waals surface area contributed by atoms with Crippen LogP contribution < -0.4 is 4.90 Å². The summed E-state index contributed by atoms with van der Waals surface area (Å²) in [5.74, 6) is 0.0190. The maximum atomic E-state index is 13.8. The molecule has 33 heavy (non-hydrogen) atoms. The average molecular weight is 474 g/mol. The van der Waals surface area contributed by atoms with Crippen molar-refractivity contribution in [1.29, 1.82) is 0 Å². The van der Waals surface area contributed by atoms with E-state index in [0.29, 0.717) is 11.6 Å². The maximum Gasteiger partial charge on any atom is 0.416 e. The third-order valence-electron chi connectivity index (χ3n) is 6.73. The minimum Gasteiger partial charge on any atom is -0.389 e. The number of hydrogen-bond acceptors (Lipinski definition) is 5. The molecule has 1 fully saturated rings. The van der Waals surface area contributed by atoms with Gasteiger partial charge in [0.05, 0.1) is 18.2 Å². The Morgan fingerprint density at radius 1 is 1.24 bits per heavy atom. The number of carbonyl (C=O) groups is 1. The summed E-state index contributed by atoms with van der Waals surface area (Å²) in [5, 5.41) is 19.1. The molecule has 2 aliphatic rings. The Morgan fingerprint density at radius 2 is 2.00 bits per heavy atom. The highest BCUT2D eigenvalue weighted by Gasteiger charge is 2.48. The minimum absolute atomic E-state index is 0.0118. The molecular formula is C24H22F3N3O2S. The van der Waals surface area contributed by atoms with E-state index in [2.05, 4.69) is 17.1 Å². The van der Waals surface area contributed by atoms with Crippen molar-refractivity contribution in [3.8, 4) is 0 Å². The molecule has 1 saturated carbocycles. The van der Waals surface area contributed by atoms with Gasteiger partial charge in [-0.05, 0) is 66.6 Å². The number of rotatable bonds is 4. The smallest absolute Gasteiger partial charge is 0.389 e. The second-order valence-corrected chi connectivity index (χ2v) is 9.88. The van der Waals surface area contributed by atoms with Gasteiger partial charge in [-0.25, -0.2) is 0 Å². The number of amides is 1. The number of hydrogen-bond donors (Lipinski definition) is 1. The number of nitrogens with zero attached hydrogens (tertiary/aromatic N) is 3. The molecule has 3 aromatic rings. The van der Waals surface area contributed by atoms with Gasteiger partial charge in [-0.15, -0.1) is 21.5 Å². The molecule has 1 aliphatic heterocycles. The van der Waals surface area contributed by atoms with Crippen molar-refractivity contribution in [3.63, 3.8) is 0 Å². The fraction of sp³-hybridized carbons (Fsp3) is 0.375. The van der Waals surface area contributed by atoms with E-state index >= 15 is 0 Å². The summed E-state index contributed by atoms with van der Waals surface area (Å²) < 4.78 is 41.4. The lowest BCUT2D eigenvalue weighted by molar-refractivity contribution is -0.138. The molecule has 2 heterocycles. The van der Waals surface area contributed by atoms with E-state index in [1.807, 2.05) is 18.2 Å². The Labute approximate surface area is 192 Å². The highest BCUT2D eigenvalue weighted by atomic mass is 32.1. The van der Waals surface area contributed by atoms with Crippen LogP contribution in [0.15, 0.2) is 41.9 Å². The first-order valence-electron chi connectivity index (χ1n) is 10.7. The van der Waals surface area contributed by atoms with E-state index in [1.165, 1.54) is 29.2 Å². The van der Waals surface area contributed by atoms with Gasteiger partial charge < -0.3 is 10.0 Å².